The zero-order valence-electron chi connectivity index (χ0n) is 34.4. The highest BCUT2D eigenvalue weighted by atomic mass is 32.2. The Labute approximate surface area is 334 Å². The van der Waals surface area contributed by atoms with Crippen LogP contribution in [0.5, 0.6) is 11.6 Å². The summed E-state index contributed by atoms with van der Waals surface area (Å²) in [4.78, 5) is 70.4. The topological polar surface area (TPSA) is 201 Å². The molecule has 2 aromatic rings. The number of allylic oxidation sites excluding steroid dienone is 1. The lowest BCUT2D eigenvalue weighted by atomic mass is 9.85. The van der Waals surface area contributed by atoms with Crippen molar-refractivity contribution in [2.45, 2.75) is 121 Å². The van der Waals surface area contributed by atoms with Crippen molar-refractivity contribution < 1.29 is 42.2 Å². The van der Waals surface area contributed by atoms with Gasteiger partial charge in [-0.3, -0.25) is 24.0 Å². The van der Waals surface area contributed by atoms with Crippen LogP contribution in [0.25, 0.3) is 10.9 Å². The van der Waals surface area contributed by atoms with Crippen molar-refractivity contribution in [3.63, 3.8) is 0 Å². The number of anilines is 1. The highest BCUT2D eigenvalue weighted by Gasteiger charge is 2.63. The molecule has 4 aliphatic rings. The number of nitrogens with zero attached hydrogens (tertiary/aromatic N) is 5. The molecular weight excluding hydrogens is 755 g/mol. The third kappa shape index (κ3) is 8.35. The van der Waals surface area contributed by atoms with Gasteiger partial charge in [0, 0.05) is 38.0 Å². The minimum absolute atomic E-state index is 0.0226. The number of methoxy groups -OCH3 is 1. The summed E-state index contributed by atoms with van der Waals surface area (Å²) < 4.78 is 39.7. The first-order valence-corrected chi connectivity index (χ1v) is 21.2. The number of aromatic nitrogens is 2. The van der Waals surface area contributed by atoms with Gasteiger partial charge in [0.15, 0.2) is 0 Å². The monoisotopic (exact) mass is 811 g/mol. The Kier molecular flexibility index (Phi) is 11.2. The molecule has 0 bridgehead atoms. The first-order chi connectivity index (χ1) is 26.6. The minimum Gasteiger partial charge on any atom is -0.497 e. The van der Waals surface area contributed by atoms with Gasteiger partial charge in [-0.25, -0.2) is 18.2 Å². The predicted molar refractivity (Wildman–Crippen MR) is 213 cm³/mol. The highest BCUT2D eigenvalue weighted by Crippen LogP contribution is 2.48. The number of carbonyl (C=O) groups is 4. The summed E-state index contributed by atoms with van der Waals surface area (Å²) in [6.07, 6.45) is 4.63. The van der Waals surface area contributed by atoms with Gasteiger partial charge in [-0.1, -0.05) is 26.0 Å². The van der Waals surface area contributed by atoms with Gasteiger partial charge in [0.25, 0.3) is 5.91 Å². The normalized spacial score (nSPS) is 28.9. The molecule has 4 amide bonds. The molecule has 1 saturated heterocycles. The SMILES string of the molecule is COc1ccc2c(O[C@@H]3C[C@H]4C(=O)N[C@]5(C(=O)NS(=O)(=O)C6(C)CC6)C[C@H]5C=CCC[C@@H](C)C[C@@H](C)[C@H](N(C(=O)O)C(C)(C)C)C(=O)N4C3)nc(N(C)C)nc2c1. The van der Waals surface area contributed by atoms with Crippen LogP contribution in [0.3, 0.4) is 0 Å². The van der Waals surface area contributed by atoms with Crippen LogP contribution in [0.15, 0.2) is 30.4 Å². The molecule has 3 heterocycles. The second kappa shape index (κ2) is 15.3. The molecule has 17 heteroatoms. The lowest BCUT2D eigenvalue weighted by molar-refractivity contribution is -0.146. The van der Waals surface area contributed by atoms with Crippen molar-refractivity contribution in [3.8, 4) is 11.6 Å². The van der Waals surface area contributed by atoms with Crippen molar-refractivity contribution in [2.75, 3.05) is 32.6 Å². The summed E-state index contributed by atoms with van der Waals surface area (Å²) in [7, 11) is 1.09. The Hall–Kier alpha value is -4.67. The minimum atomic E-state index is -4.03. The van der Waals surface area contributed by atoms with E-state index in [1.807, 2.05) is 19.1 Å². The molecule has 3 fully saturated rings. The number of rotatable bonds is 8. The van der Waals surface area contributed by atoms with E-state index < -0.39 is 79.7 Å². The molecule has 2 aliphatic heterocycles. The van der Waals surface area contributed by atoms with Crippen molar-refractivity contribution in [3.05, 3.63) is 30.4 Å². The molecule has 16 nitrogen and oxygen atoms in total. The second-order valence-corrected chi connectivity index (χ2v) is 20.0. The average Bonchev–Trinajstić information content (AvgIpc) is 4.00. The van der Waals surface area contributed by atoms with Crippen LogP contribution in [0.2, 0.25) is 0 Å². The number of hydrogen-bond donors (Lipinski definition) is 3. The molecule has 2 saturated carbocycles. The van der Waals surface area contributed by atoms with Crippen molar-refractivity contribution in [1.82, 2.24) is 29.8 Å². The number of carboxylic acid groups (broad SMARTS) is 1. The van der Waals surface area contributed by atoms with E-state index in [2.05, 4.69) is 26.9 Å². The van der Waals surface area contributed by atoms with Crippen LogP contribution in [0.1, 0.15) is 86.5 Å². The maximum Gasteiger partial charge on any atom is 0.408 e. The predicted octanol–water partition coefficient (Wildman–Crippen LogP) is 4.09. The lowest BCUT2D eigenvalue weighted by Gasteiger charge is -2.43. The Balaban J connectivity index is 1.42. The molecule has 312 valence electrons. The summed E-state index contributed by atoms with van der Waals surface area (Å²) in [5.74, 6) is -1.74. The smallest absolute Gasteiger partial charge is 0.408 e. The van der Waals surface area contributed by atoms with Crippen LogP contribution >= 0.6 is 0 Å². The Morgan fingerprint density at radius 2 is 1.81 bits per heavy atom. The van der Waals surface area contributed by atoms with Crippen LogP contribution in [-0.2, 0) is 24.4 Å². The van der Waals surface area contributed by atoms with Crippen LogP contribution < -0.4 is 24.4 Å². The number of amides is 4. The highest BCUT2D eigenvalue weighted by molar-refractivity contribution is 7.91. The van der Waals surface area contributed by atoms with Crippen LogP contribution in [0.4, 0.5) is 10.7 Å². The molecule has 7 atom stereocenters. The summed E-state index contributed by atoms with van der Waals surface area (Å²) in [5, 5.41) is 14.1. The van der Waals surface area contributed by atoms with Gasteiger partial charge >= 0.3 is 6.09 Å². The first-order valence-electron chi connectivity index (χ1n) is 19.7. The van der Waals surface area contributed by atoms with E-state index in [4.69, 9.17) is 9.47 Å². The molecule has 2 aliphatic carbocycles. The summed E-state index contributed by atoms with van der Waals surface area (Å²) in [5.41, 5.74) is -2.01. The molecule has 0 spiro atoms. The van der Waals surface area contributed by atoms with E-state index in [1.165, 1.54) is 9.80 Å². The number of fused-ring (bicyclic) bond motifs is 3. The summed E-state index contributed by atoms with van der Waals surface area (Å²) >= 11 is 0. The fourth-order valence-corrected chi connectivity index (χ4v) is 9.52. The molecule has 57 heavy (non-hydrogen) atoms. The van der Waals surface area contributed by atoms with Gasteiger partial charge in [-0.2, -0.15) is 4.98 Å². The fraction of sp³-hybridized carbons (Fsp3) is 0.650. The number of ether oxygens (including phenoxy) is 2. The fourth-order valence-electron chi connectivity index (χ4n) is 8.21. The maximum atomic E-state index is 15.1. The number of carbonyl (C=O) groups excluding carboxylic acids is 3. The van der Waals surface area contributed by atoms with Crippen molar-refractivity contribution >= 4 is 50.7 Å². The van der Waals surface area contributed by atoms with Gasteiger partial charge in [-0.05, 0) is 90.2 Å². The second-order valence-electron chi connectivity index (χ2n) is 17.8. The third-order valence-corrected chi connectivity index (χ3v) is 14.1. The van der Waals surface area contributed by atoms with E-state index in [9.17, 15) is 27.9 Å². The Bertz CT molecular complexity index is 2060. The van der Waals surface area contributed by atoms with Gasteiger partial charge < -0.3 is 29.7 Å². The largest absolute Gasteiger partial charge is 0.497 e. The number of sulfonamides is 1. The molecule has 1 aromatic carbocycles. The summed E-state index contributed by atoms with van der Waals surface area (Å²) in [6, 6.07) is 2.90. The van der Waals surface area contributed by atoms with Crippen molar-refractivity contribution in [1.29, 1.82) is 0 Å². The van der Waals surface area contributed by atoms with Gasteiger partial charge in [0.2, 0.25) is 33.7 Å². The lowest BCUT2D eigenvalue weighted by Crippen LogP contribution is -2.62. The van der Waals surface area contributed by atoms with Gasteiger partial charge in [0.1, 0.15) is 29.5 Å². The maximum absolute atomic E-state index is 15.1. The Morgan fingerprint density at radius 3 is 2.42 bits per heavy atom. The standard InChI is InChI=1S/C40H57N7O9S/c1-23-12-10-11-13-25-21-40(25,35(50)44-57(53,54)39(6)16-17-39)43-32(48)30-20-27(22-46(30)34(49)31(24(2)18-23)47(37(51)52)38(3,4)5)56-33-28-15-14-26(55-9)19-29(28)41-36(42-33)45(7)8/h11,13-15,19,23-25,27,30-31H,10,12,16-18,20-22H2,1-9H3,(H,43,48)(H,44,50)(H,51,52)/t23-,24-,25-,27-,30+,31+,40-/m1/s1. The van der Waals surface area contributed by atoms with E-state index >= 15 is 4.79 Å². The number of nitrogens with one attached hydrogen (secondary N) is 2. The van der Waals surface area contributed by atoms with E-state index in [0.717, 1.165) is 6.42 Å². The zero-order valence-corrected chi connectivity index (χ0v) is 35.2. The van der Waals surface area contributed by atoms with E-state index in [0.29, 0.717) is 48.3 Å². The van der Waals surface area contributed by atoms with Crippen LogP contribution in [-0.4, -0.2) is 119 Å². The van der Waals surface area contributed by atoms with Gasteiger partial charge in [0.05, 0.1) is 29.3 Å². The number of hydrogen-bond acceptors (Lipinski definition) is 11. The average molecular weight is 812 g/mol. The van der Waals surface area contributed by atoms with Crippen molar-refractivity contribution in [2.24, 2.45) is 17.8 Å². The van der Waals surface area contributed by atoms with Gasteiger partial charge in [-0.15, -0.1) is 0 Å². The zero-order chi connectivity index (χ0) is 41.8. The first kappa shape index (κ1) is 41.9. The molecule has 6 rings (SSSR count). The molecule has 0 unspecified atom stereocenters. The molecule has 1 aromatic heterocycles. The quantitative estimate of drug-likeness (QED) is 0.323. The van der Waals surface area contributed by atoms with E-state index in [-0.39, 0.29) is 31.2 Å². The Morgan fingerprint density at radius 1 is 1.11 bits per heavy atom. The third-order valence-electron chi connectivity index (χ3n) is 11.9. The van der Waals surface area contributed by atoms with E-state index in [1.54, 1.807) is 72.0 Å². The number of benzene rings is 1. The molecular formula is C40H57N7O9S. The molecule has 3 N–H and O–H groups in total. The molecule has 0 radical (unpaired) electrons. The summed E-state index contributed by atoms with van der Waals surface area (Å²) in [6.45, 7) is 10.6. The van der Waals surface area contributed by atoms with Crippen LogP contribution in [0, 0.1) is 17.8 Å².